The lowest BCUT2D eigenvalue weighted by atomic mass is 10.0. The highest BCUT2D eigenvalue weighted by Gasteiger charge is 2.47. The van der Waals surface area contributed by atoms with Crippen LogP contribution in [0.15, 0.2) is 28.6 Å². The molecule has 220 valence electrons. The van der Waals surface area contributed by atoms with Crippen LogP contribution >= 0.6 is 18.3 Å². The number of imidazole rings is 2. The Bertz CT molecular complexity index is 1650. The Morgan fingerprint density at radius 3 is 2.63 bits per heavy atom. The Labute approximate surface area is 233 Å². The van der Waals surface area contributed by atoms with Crippen LogP contribution < -0.4 is 16.9 Å². The molecule has 4 aromatic rings. The first-order chi connectivity index (χ1) is 19.9. The summed E-state index contributed by atoms with van der Waals surface area (Å²) in [6.45, 7) is 0.131. The predicted molar refractivity (Wildman–Crippen MR) is 144 cm³/mol. The number of aromatic nitrogens is 8. The van der Waals surface area contributed by atoms with Gasteiger partial charge in [-0.2, -0.15) is 4.98 Å². The van der Waals surface area contributed by atoms with Crippen molar-refractivity contribution in [3.8, 4) is 0 Å². The molecular weight excluding hydrogens is 587 g/mol. The summed E-state index contributed by atoms with van der Waals surface area (Å²) >= 11 is 0. The van der Waals surface area contributed by atoms with Gasteiger partial charge >= 0.3 is 0 Å². The van der Waals surface area contributed by atoms with Crippen LogP contribution in [0.1, 0.15) is 18.9 Å². The number of hydrogen-bond acceptors (Lipinski definition) is 13. The van der Waals surface area contributed by atoms with E-state index < -0.39 is 47.9 Å². The lowest BCUT2D eigenvalue weighted by molar-refractivity contribution is -0.293. The monoisotopic (exact) mass is 613 g/mol. The number of nitrogens with zero attached hydrogens (tertiary/aromatic N) is 6. The second-order valence-electron chi connectivity index (χ2n) is 9.53. The molecule has 6 heterocycles. The third-order valence-electron chi connectivity index (χ3n) is 7.07. The van der Waals surface area contributed by atoms with Crippen molar-refractivity contribution >= 4 is 46.6 Å². The van der Waals surface area contributed by atoms with E-state index in [9.17, 15) is 14.8 Å². The number of anilines is 1. The zero-order valence-electron chi connectivity index (χ0n) is 21.1. The molecule has 20 heteroatoms. The SMILES string of the molecule is Nc1nc2c(ncn2[C@@H]2OC(CPOC[C@H]3[C@H](F)[C@H](n4cnc5c(=O)[nH]cnc54)O[C@@H]3COP)C[C@H]2OO)c(=O)[nH]1. The highest BCUT2D eigenvalue weighted by molar-refractivity contribution is 7.32. The van der Waals surface area contributed by atoms with E-state index >= 15 is 4.39 Å². The average molecular weight is 613 g/mol. The minimum atomic E-state index is -1.50. The Morgan fingerprint density at radius 1 is 1.12 bits per heavy atom. The molecule has 2 fully saturated rings. The standard InChI is InChI=1S/C21H26FN9O8P2/c22-12-9(11(3-35-40)38-20(12)30-6-26-13-15(30)24-5-25-17(13)32)2-36-41-4-8-1-10(39-34)19(37-8)31-7-27-14-16(31)28-21(23)29-18(14)33/h5-12,19-20,34,41H,1-4,40H2,(H,24,25,32)(H3,23,28,29,33)/t8?,9-,10-,11-,12+,19-,20-/m1/s1. The van der Waals surface area contributed by atoms with Gasteiger partial charge in [0, 0.05) is 36.8 Å². The molecule has 4 aromatic heterocycles. The Balaban J connectivity index is 1.09. The van der Waals surface area contributed by atoms with E-state index in [-0.39, 0.29) is 56.4 Å². The van der Waals surface area contributed by atoms with Crippen LogP contribution in [0.25, 0.3) is 22.3 Å². The maximum absolute atomic E-state index is 15.7. The van der Waals surface area contributed by atoms with Gasteiger partial charge in [-0.1, -0.05) is 0 Å². The zero-order chi connectivity index (χ0) is 28.7. The van der Waals surface area contributed by atoms with E-state index in [2.05, 4.69) is 44.3 Å². The first-order valence-electron chi connectivity index (χ1n) is 12.4. The Hall–Kier alpha value is -2.95. The van der Waals surface area contributed by atoms with Crippen molar-refractivity contribution in [2.75, 3.05) is 25.1 Å². The van der Waals surface area contributed by atoms with Gasteiger partial charge < -0.3 is 29.2 Å². The Kier molecular flexibility index (Phi) is 8.07. The summed E-state index contributed by atoms with van der Waals surface area (Å²) in [6, 6.07) is 0. The molecule has 0 aliphatic carbocycles. The number of H-pyrrole nitrogens is 2. The van der Waals surface area contributed by atoms with Gasteiger partial charge in [-0.3, -0.25) is 29.0 Å². The fourth-order valence-corrected chi connectivity index (χ4v) is 6.19. The molecule has 17 nitrogen and oxygen atoms in total. The summed E-state index contributed by atoms with van der Waals surface area (Å²) < 4.78 is 41.6. The topological polar surface area (TPSA) is 220 Å². The van der Waals surface area contributed by atoms with Gasteiger partial charge in [0.05, 0.1) is 44.4 Å². The molecule has 0 amide bonds. The minimum absolute atomic E-state index is 0.0314. The molecule has 0 spiro atoms. The molecule has 0 saturated carbocycles. The number of nitrogens with two attached hydrogens (primary N) is 1. The summed E-state index contributed by atoms with van der Waals surface area (Å²) in [4.78, 5) is 49.9. The maximum Gasteiger partial charge on any atom is 0.280 e. The summed E-state index contributed by atoms with van der Waals surface area (Å²) in [7, 11) is 2.04. The van der Waals surface area contributed by atoms with E-state index in [1.54, 1.807) is 0 Å². The summed E-state index contributed by atoms with van der Waals surface area (Å²) in [5, 5.41) is 9.49. The van der Waals surface area contributed by atoms with E-state index in [1.807, 2.05) is 0 Å². The van der Waals surface area contributed by atoms with E-state index in [0.717, 1.165) is 0 Å². The van der Waals surface area contributed by atoms with Crippen molar-refractivity contribution < 1.29 is 33.1 Å². The number of nitrogen functional groups attached to an aromatic ring is 1. The number of aromatic amines is 2. The molecule has 0 bridgehead atoms. The molecule has 2 aliphatic rings. The van der Waals surface area contributed by atoms with E-state index in [1.165, 1.54) is 28.1 Å². The molecule has 6 rings (SSSR count). The minimum Gasteiger partial charge on any atom is -0.369 e. The van der Waals surface area contributed by atoms with Gasteiger partial charge in [-0.15, -0.1) is 0 Å². The van der Waals surface area contributed by atoms with Gasteiger partial charge in [-0.25, -0.2) is 24.2 Å². The fraction of sp³-hybridized carbons (Fsp3) is 0.524. The van der Waals surface area contributed by atoms with E-state index in [0.29, 0.717) is 12.6 Å². The quantitative estimate of drug-likeness (QED) is 0.0817. The van der Waals surface area contributed by atoms with Crippen LogP contribution in [0, 0.1) is 5.92 Å². The van der Waals surface area contributed by atoms with Gasteiger partial charge in [0.2, 0.25) is 5.95 Å². The van der Waals surface area contributed by atoms with Gasteiger partial charge in [-0.05, 0) is 0 Å². The van der Waals surface area contributed by atoms with Gasteiger partial charge in [0.15, 0.2) is 41.0 Å². The van der Waals surface area contributed by atoms with Crippen LogP contribution in [0.3, 0.4) is 0 Å². The number of hydrogen-bond donors (Lipinski definition) is 4. The van der Waals surface area contributed by atoms with Crippen LogP contribution in [0.5, 0.6) is 0 Å². The van der Waals surface area contributed by atoms with Crippen LogP contribution in [0.4, 0.5) is 10.3 Å². The molecule has 2 aliphatic heterocycles. The lowest BCUT2D eigenvalue weighted by Gasteiger charge is -2.19. The summed E-state index contributed by atoms with van der Waals surface area (Å²) in [5.41, 5.74) is 5.28. The second kappa shape index (κ2) is 11.7. The van der Waals surface area contributed by atoms with Crippen molar-refractivity contribution in [3.63, 3.8) is 0 Å². The number of ether oxygens (including phenoxy) is 2. The number of nitrogens with one attached hydrogen (secondary N) is 2. The van der Waals surface area contributed by atoms with E-state index in [4.69, 9.17) is 24.3 Å². The van der Waals surface area contributed by atoms with Crippen LogP contribution in [-0.4, -0.2) is 88.2 Å². The smallest absolute Gasteiger partial charge is 0.280 e. The van der Waals surface area contributed by atoms with Crippen LogP contribution in [-0.2, 0) is 23.4 Å². The number of alkyl halides is 1. The van der Waals surface area contributed by atoms with Crippen molar-refractivity contribution in [1.29, 1.82) is 0 Å². The Morgan fingerprint density at radius 2 is 1.88 bits per heavy atom. The fourth-order valence-electron chi connectivity index (χ4n) is 5.12. The summed E-state index contributed by atoms with van der Waals surface area (Å²) in [6.07, 6.45) is -0.508. The highest BCUT2D eigenvalue weighted by atomic mass is 31.1. The van der Waals surface area contributed by atoms with Crippen molar-refractivity contribution in [2.45, 2.75) is 43.4 Å². The average Bonchev–Trinajstić information content (AvgIpc) is 3.72. The first kappa shape index (κ1) is 28.2. The highest BCUT2D eigenvalue weighted by Crippen LogP contribution is 2.40. The zero-order valence-corrected chi connectivity index (χ0v) is 23.3. The summed E-state index contributed by atoms with van der Waals surface area (Å²) in [5.74, 6) is -0.763. The molecular formula is C21H26FN9O8P2. The number of fused-ring (bicyclic) bond motifs is 2. The molecule has 41 heavy (non-hydrogen) atoms. The van der Waals surface area contributed by atoms with Crippen molar-refractivity contribution in [3.05, 3.63) is 39.7 Å². The number of rotatable bonds is 10. The molecule has 9 atom stereocenters. The molecule has 0 radical (unpaired) electrons. The maximum atomic E-state index is 15.7. The third kappa shape index (κ3) is 5.26. The van der Waals surface area contributed by atoms with Crippen LogP contribution in [0.2, 0.25) is 0 Å². The van der Waals surface area contributed by atoms with Crippen molar-refractivity contribution in [2.24, 2.45) is 5.92 Å². The molecule has 3 unspecified atom stereocenters. The lowest BCUT2D eigenvalue weighted by Crippen LogP contribution is -2.29. The largest absolute Gasteiger partial charge is 0.369 e. The molecule has 0 aromatic carbocycles. The van der Waals surface area contributed by atoms with Gasteiger partial charge in [0.1, 0.15) is 6.10 Å². The second-order valence-corrected chi connectivity index (χ2v) is 10.8. The number of halogens is 1. The first-order valence-corrected chi connectivity index (χ1v) is 14.0. The molecule has 2 saturated heterocycles. The normalized spacial score (nSPS) is 28.6. The van der Waals surface area contributed by atoms with Crippen molar-refractivity contribution in [1.82, 2.24) is 39.0 Å². The predicted octanol–water partition coefficient (Wildman–Crippen LogP) is 0.249. The molecule has 5 N–H and O–H groups in total. The van der Waals surface area contributed by atoms with Gasteiger partial charge in [0.25, 0.3) is 11.1 Å². The third-order valence-corrected chi connectivity index (χ3v) is 8.25.